The fourth-order valence-corrected chi connectivity index (χ4v) is 4.20. The SMILES string of the molecule is c1ccc2c(c1)[NH+]=C([C@H]1CCC[C@H](c3nc4ccccc4[nH]3)C1)[NH2+]2. The zero-order chi connectivity index (χ0) is 15.9. The van der Waals surface area contributed by atoms with Gasteiger partial charge in [0.2, 0.25) is 5.69 Å². The Labute approximate surface area is 141 Å². The first-order valence-corrected chi connectivity index (χ1v) is 8.89. The highest BCUT2D eigenvalue weighted by Crippen LogP contribution is 2.35. The lowest BCUT2D eigenvalue weighted by Gasteiger charge is -2.24. The average molecular weight is 318 g/mol. The molecule has 1 aliphatic carbocycles. The third-order valence-corrected chi connectivity index (χ3v) is 5.46. The van der Waals surface area contributed by atoms with Crippen molar-refractivity contribution < 1.29 is 10.3 Å². The van der Waals surface area contributed by atoms with Crippen LogP contribution in [-0.4, -0.2) is 15.8 Å². The molecule has 2 aromatic carbocycles. The maximum absolute atomic E-state index is 4.84. The first-order chi connectivity index (χ1) is 11.9. The number of hydrogen-bond donors (Lipinski definition) is 3. The summed E-state index contributed by atoms with van der Waals surface area (Å²) in [7, 11) is 0. The van der Waals surface area contributed by atoms with E-state index in [2.05, 4.69) is 63.8 Å². The molecular weight excluding hydrogens is 296 g/mol. The van der Waals surface area contributed by atoms with Gasteiger partial charge < -0.3 is 4.98 Å². The Hall–Kier alpha value is -2.46. The van der Waals surface area contributed by atoms with Crippen LogP contribution in [0.25, 0.3) is 11.0 Å². The number of nitrogens with one attached hydrogen (secondary N) is 2. The number of benzene rings is 2. The highest BCUT2D eigenvalue weighted by atomic mass is 15.1. The summed E-state index contributed by atoms with van der Waals surface area (Å²) in [6.45, 7) is 0. The van der Waals surface area contributed by atoms with Gasteiger partial charge in [-0.3, -0.25) is 0 Å². The van der Waals surface area contributed by atoms with E-state index >= 15 is 0 Å². The number of aromatic amines is 1. The Balaban J connectivity index is 1.39. The Bertz CT molecular complexity index is 891. The van der Waals surface area contributed by atoms with E-state index < -0.39 is 0 Å². The summed E-state index contributed by atoms with van der Waals surface area (Å²) in [6, 6.07) is 16.9. The van der Waals surface area contributed by atoms with Crippen LogP contribution in [0.1, 0.15) is 37.4 Å². The molecule has 0 radical (unpaired) electrons. The Morgan fingerprint density at radius 3 is 2.75 bits per heavy atom. The van der Waals surface area contributed by atoms with Crippen LogP contribution in [0.3, 0.4) is 0 Å². The smallest absolute Gasteiger partial charge is 0.342 e. The van der Waals surface area contributed by atoms with Crippen LogP contribution in [-0.2, 0) is 0 Å². The number of aromatic nitrogens is 2. The number of para-hydroxylation sites is 4. The van der Waals surface area contributed by atoms with E-state index in [1.54, 1.807) is 0 Å². The molecule has 24 heavy (non-hydrogen) atoms. The Morgan fingerprint density at radius 2 is 1.83 bits per heavy atom. The van der Waals surface area contributed by atoms with Gasteiger partial charge >= 0.3 is 5.84 Å². The van der Waals surface area contributed by atoms with E-state index in [0.29, 0.717) is 11.8 Å². The topological polar surface area (TPSA) is 59.3 Å². The summed E-state index contributed by atoms with van der Waals surface area (Å²) < 4.78 is 0. The summed E-state index contributed by atoms with van der Waals surface area (Å²) in [5.41, 5.74) is 4.80. The van der Waals surface area contributed by atoms with E-state index in [9.17, 15) is 0 Å². The average Bonchev–Trinajstić information content (AvgIpc) is 3.26. The summed E-state index contributed by atoms with van der Waals surface area (Å²) in [5.74, 6) is 3.68. The van der Waals surface area contributed by atoms with Gasteiger partial charge in [-0.25, -0.2) is 10.3 Å². The molecule has 0 bridgehead atoms. The first-order valence-electron chi connectivity index (χ1n) is 8.89. The number of hydrogen-bond acceptors (Lipinski definition) is 1. The van der Waals surface area contributed by atoms with Crippen molar-refractivity contribution in [2.45, 2.75) is 31.6 Å². The predicted molar refractivity (Wildman–Crippen MR) is 94.4 cm³/mol. The summed E-state index contributed by atoms with van der Waals surface area (Å²) in [6.07, 6.45) is 4.94. The number of quaternary nitrogens is 1. The number of nitrogens with two attached hydrogens (primary N) is 1. The van der Waals surface area contributed by atoms with Crippen LogP contribution >= 0.6 is 0 Å². The lowest BCUT2D eigenvalue weighted by atomic mass is 9.80. The maximum atomic E-state index is 4.84. The molecule has 0 spiro atoms. The summed E-state index contributed by atoms with van der Waals surface area (Å²) in [4.78, 5) is 12.0. The van der Waals surface area contributed by atoms with Gasteiger partial charge in [-0.2, -0.15) is 4.99 Å². The Morgan fingerprint density at radius 1 is 1.00 bits per heavy atom. The van der Waals surface area contributed by atoms with Crippen LogP contribution in [0, 0.1) is 5.92 Å². The number of fused-ring (bicyclic) bond motifs is 2. The van der Waals surface area contributed by atoms with Crippen LogP contribution in [0.2, 0.25) is 0 Å². The van der Waals surface area contributed by atoms with Crippen molar-refractivity contribution in [1.82, 2.24) is 9.97 Å². The molecule has 0 saturated heterocycles. The van der Waals surface area contributed by atoms with E-state index in [-0.39, 0.29) is 0 Å². The number of imidazole rings is 1. The van der Waals surface area contributed by atoms with Crippen molar-refractivity contribution in [3.05, 3.63) is 54.4 Å². The van der Waals surface area contributed by atoms with E-state index in [0.717, 1.165) is 16.9 Å². The molecule has 1 aromatic heterocycles. The number of nitrogens with zero attached hydrogens (tertiary/aromatic N) is 1. The zero-order valence-electron chi connectivity index (χ0n) is 13.6. The van der Waals surface area contributed by atoms with Crippen molar-refractivity contribution >= 4 is 28.2 Å². The fraction of sp³-hybridized carbons (Fsp3) is 0.300. The first kappa shape index (κ1) is 13.9. The van der Waals surface area contributed by atoms with Gasteiger partial charge in [-0.1, -0.05) is 30.7 Å². The van der Waals surface area contributed by atoms with Crippen LogP contribution < -0.4 is 10.3 Å². The molecule has 4 heteroatoms. The van der Waals surface area contributed by atoms with Gasteiger partial charge in [0.1, 0.15) is 5.82 Å². The Kier molecular flexibility index (Phi) is 3.23. The van der Waals surface area contributed by atoms with Crippen LogP contribution in [0.5, 0.6) is 0 Å². The monoisotopic (exact) mass is 318 g/mol. The normalized spacial score (nSPS) is 23.2. The van der Waals surface area contributed by atoms with Crippen molar-refractivity contribution in [3.8, 4) is 0 Å². The van der Waals surface area contributed by atoms with Crippen molar-refractivity contribution in [3.63, 3.8) is 0 Å². The van der Waals surface area contributed by atoms with Crippen LogP contribution in [0.4, 0.5) is 11.4 Å². The van der Waals surface area contributed by atoms with Crippen molar-refractivity contribution in [2.24, 2.45) is 5.92 Å². The van der Waals surface area contributed by atoms with Gasteiger partial charge in [-0.05, 0) is 31.4 Å². The zero-order valence-corrected chi connectivity index (χ0v) is 13.6. The minimum Gasteiger partial charge on any atom is -0.342 e. The molecule has 5 rings (SSSR count). The molecule has 2 atom stereocenters. The van der Waals surface area contributed by atoms with E-state index in [4.69, 9.17) is 4.98 Å². The molecule has 1 aliphatic heterocycles. The quantitative estimate of drug-likeness (QED) is 0.621. The summed E-state index contributed by atoms with van der Waals surface area (Å²) >= 11 is 0. The van der Waals surface area contributed by atoms with Gasteiger partial charge in [0.05, 0.1) is 17.0 Å². The number of rotatable bonds is 2. The molecule has 120 valence electrons. The lowest BCUT2D eigenvalue weighted by molar-refractivity contribution is -0.493. The van der Waals surface area contributed by atoms with Crippen LogP contribution in [0.15, 0.2) is 48.5 Å². The van der Waals surface area contributed by atoms with Gasteiger partial charge in [0.25, 0.3) is 5.69 Å². The van der Waals surface area contributed by atoms with Gasteiger partial charge in [0.15, 0.2) is 0 Å². The molecule has 2 aliphatic rings. The molecule has 3 aromatic rings. The third-order valence-electron chi connectivity index (χ3n) is 5.46. The molecule has 0 amide bonds. The van der Waals surface area contributed by atoms with Crippen molar-refractivity contribution in [2.75, 3.05) is 0 Å². The van der Waals surface area contributed by atoms with E-state index in [1.165, 1.54) is 42.9 Å². The molecule has 4 N–H and O–H groups in total. The van der Waals surface area contributed by atoms with Crippen molar-refractivity contribution in [1.29, 1.82) is 0 Å². The highest BCUT2D eigenvalue weighted by molar-refractivity contribution is 5.78. The molecule has 4 nitrogen and oxygen atoms in total. The highest BCUT2D eigenvalue weighted by Gasteiger charge is 2.38. The second kappa shape index (κ2) is 5.56. The maximum Gasteiger partial charge on any atom is 0.347 e. The van der Waals surface area contributed by atoms with E-state index in [1.807, 2.05) is 0 Å². The minimum atomic E-state index is 0.530. The minimum absolute atomic E-state index is 0.530. The lowest BCUT2D eigenvalue weighted by Crippen LogP contribution is -2.90. The fourth-order valence-electron chi connectivity index (χ4n) is 4.20. The second-order valence-corrected chi connectivity index (χ2v) is 7.01. The number of amidine groups is 1. The second-order valence-electron chi connectivity index (χ2n) is 7.01. The molecular formula is C20H22N4+2. The molecule has 2 heterocycles. The largest absolute Gasteiger partial charge is 0.347 e. The summed E-state index contributed by atoms with van der Waals surface area (Å²) in [5, 5.41) is 2.33. The number of H-pyrrole nitrogens is 1. The van der Waals surface area contributed by atoms with Gasteiger partial charge in [0, 0.05) is 18.1 Å². The predicted octanol–water partition coefficient (Wildman–Crippen LogP) is 1.86. The third kappa shape index (κ3) is 2.34. The molecule has 0 unspecified atom stereocenters. The van der Waals surface area contributed by atoms with Gasteiger partial charge in [-0.15, -0.1) is 0 Å². The molecule has 1 fully saturated rings. The molecule has 1 saturated carbocycles. The standard InChI is InChI=1S/C20H20N4/c1-2-9-16-15(8-1)21-19(22-16)13-6-5-7-14(12-13)20-23-17-10-3-4-11-18(17)24-20/h1-4,8-11,13-14H,5-7,12H2,(H,21,22)(H,23,24)/p+2/t13-,14-/m0/s1.